The van der Waals surface area contributed by atoms with Crippen molar-refractivity contribution in [2.24, 2.45) is 5.92 Å². The van der Waals surface area contributed by atoms with Gasteiger partial charge in [-0.15, -0.1) is 0 Å². The molecule has 5 nitrogen and oxygen atoms in total. The number of fused-ring (bicyclic) bond motifs is 1. The van der Waals surface area contributed by atoms with Gasteiger partial charge in [-0.3, -0.25) is 14.9 Å². The molecule has 3 atom stereocenters. The zero-order valence-corrected chi connectivity index (χ0v) is 14.8. The number of morpholine rings is 1. The maximum absolute atomic E-state index is 6.18. The van der Waals surface area contributed by atoms with Crippen molar-refractivity contribution in [3.63, 3.8) is 0 Å². The molecule has 1 saturated carbocycles. The van der Waals surface area contributed by atoms with Crippen LogP contribution in [-0.4, -0.2) is 46.7 Å². The smallest absolute Gasteiger partial charge is 0.0775 e. The molecule has 2 aromatic rings. The Morgan fingerprint density at radius 1 is 1.24 bits per heavy atom. The van der Waals surface area contributed by atoms with Crippen molar-refractivity contribution in [3.05, 3.63) is 54.1 Å². The largest absolute Gasteiger partial charge is 0.383 e. The average molecular weight is 338 g/mol. The molecule has 3 heterocycles. The summed E-state index contributed by atoms with van der Waals surface area (Å²) in [7, 11) is 0. The molecule has 2 aliphatic rings. The highest BCUT2D eigenvalue weighted by molar-refractivity contribution is 5.39. The summed E-state index contributed by atoms with van der Waals surface area (Å²) in [5.41, 5.74) is 3.34. The summed E-state index contributed by atoms with van der Waals surface area (Å²) in [5, 5.41) is 3.52. The Labute approximate surface area is 149 Å². The molecule has 2 aromatic heterocycles. The number of aromatic nitrogens is 2. The van der Waals surface area contributed by atoms with Gasteiger partial charge in [0.05, 0.1) is 24.1 Å². The van der Waals surface area contributed by atoms with Gasteiger partial charge in [-0.25, -0.2) is 0 Å². The van der Waals surface area contributed by atoms with Gasteiger partial charge in [0.15, 0.2) is 0 Å². The van der Waals surface area contributed by atoms with Gasteiger partial charge in [0.1, 0.15) is 0 Å². The van der Waals surface area contributed by atoms with Gasteiger partial charge in [-0.1, -0.05) is 6.07 Å². The number of hydrogen-bond acceptors (Lipinski definition) is 5. The number of nitrogens with one attached hydrogen (secondary N) is 1. The second-order valence-electron chi connectivity index (χ2n) is 7.10. The molecule has 1 N–H and O–H groups in total. The van der Waals surface area contributed by atoms with Gasteiger partial charge >= 0.3 is 0 Å². The molecular weight excluding hydrogens is 312 g/mol. The van der Waals surface area contributed by atoms with E-state index in [1.807, 2.05) is 12.3 Å². The zero-order chi connectivity index (χ0) is 17.1. The lowest BCUT2D eigenvalue weighted by Crippen LogP contribution is -2.50. The molecule has 0 bridgehead atoms. The van der Waals surface area contributed by atoms with Gasteiger partial charge in [0.2, 0.25) is 0 Å². The highest BCUT2D eigenvalue weighted by atomic mass is 16.5. The number of pyridine rings is 2. The Hall–Kier alpha value is -1.98. The molecule has 0 aromatic carbocycles. The third-order valence-corrected chi connectivity index (χ3v) is 5.38. The molecule has 1 aliphatic heterocycles. The molecule has 4 rings (SSSR count). The predicted octanol–water partition coefficient (Wildman–Crippen LogP) is 2.88. The van der Waals surface area contributed by atoms with Crippen LogP contribution in [0, 0.1) is 12.8 Å². The minimum absolute atomic E-state index is 0.322. The van der Waals surface area contributed by atoms with Crippen molar-refractivity contribution < 1.29 is 4.74 Å². The summed E-state index contributed by atoms with van der Waals surface area (Å²) in [6, 6.07) is 10.8. The molecule has 0 radical (unpaired) electrons. The second-order valence-corrected chi connectivity index (χ2v) is 7.10. The van der Waals surface area contributed by atoms with E-state index in [9.17, 15) is 0 Å². The summed E-state index contributed by atoms with van der Waals surface area (Å²) in [5.74, 6) is 0.554. The summed E-state index contributed by atoms with van der Waals surface area (Å²) in [6.07, 6.45) is 6.42. The van der Waals surface area contributed by atoms with E-state index in [-0.39, 0.29) is 0 Å². The number of rotatable bonds is 5. The van der Waals surface area contributed by atoms with Crippen LogP contribution in [0.15, 0.2) is 42.7 Å². The van der Waals surface area contributed by atoms with Crippen LogP contribution in [0.25, 0.3) is 0 Å². The normalized spacial score (nSPS) is 26.4. The SMILES string of the molecule is Cc1cccc(CN2CCO[C@@H]3[C@@H](CNc4cccnc4)CC[C@@H]32)n1. The van der Waals surface area contributed by atoms with E-state index < -0.39 is 0 Å². The van der Waals surface area contributed by atoms with Gasteiger partial charge < -0.3 is 10.1 Å². The fraction of sp³-hybridized carbons (Fsp3) is 0.500. The summed E-state index contributed by atoms with van der Waals surface area (Å²) < 4.78 is 6.18. The molecule has 2 fully saturated rings. The van der Waals surface area contributed by atoms with Gasteiger partial charge in [-0.2, -0.15) is 0 Å². The maximum Gasteiger partial charge on any atom is 0.0775 e. The number of anilines is 1. The van der Waals surface area contributed by atoms with Crippen molar-refractivity contribution in [2.75, 3.05) is 25.0 Å². The number of nitrogens with zero attached hydrogens (tertiary/aromatic N) is 3. The van der Waals surface area contributed by atoms with Crippen LogP contribution >= 0.6 is 0 Å². The Bertz CT molecular complexity index is 693. The fourth-order valence-electron chi connectivity index (χ4n) is 4.16. The first-order valence-electron chi connectivity index (χ1n) is 9.22. The zero-order valence-electron chi connectivity index (χ0n) is 14.8. The third kappa shape index (κ3) is 3.83. The first-order chi connectivity index (χ1) is 12.3. The highest BCUT2D eigenvalue weighted by Crippen LogP contribution is 2.35. The molecule has 0 unspecified atom stereocenters. The second kappa shape index (κ2) is 7.50. The fourth-order valence-corrected chi connectivity index (χ4v) is 4.16. The van der Waals surface area contributed by atoms with E-state index in [0.29, 0.717) is 18.1 Å². The van der Waals surface area contributed by atoms with Crippen molar-refractivity contribution >= 4 is 5.69 Å². The van der Waals surface area contributed by atoms with E-state index >= 15 is 0 Å². The summed E-state index contributed by atoms with van der Waals surface area (Å²) >= 11 is 0. The lowest BCUT2D eigenvalue weighted by Gasteiger charge is -2.39. The topological polar surface area (TPSA) is 50.3 Å². The Balaban J connectivity index is 1.38. The van der Waals surface area contributed by atoms with E-state index in [0.717, 1.165) is 43.3 Å². The minimum Gasteiger partial charge on any atom is -0.383 e. The third-order valence-electron chi connectivity index (χ3n) is 5.38. The van der Waals surface area contributed by atoms with Gasteiger partial charge in [0.25, 0.3) is 0 Å². The molecule has 1 saturated heterocycles. The van der Waals surface area contributed by atoms with Crippen LogP contribution < -0.4 is 5.32 Å². The lowest BCUT2D eigenvalue weighted by molar-refractivity contribution is -0.0748. The van der Waals surface area contributed by atoms with Gasteiger partial charge in [0, 0.05) is 49.7 Å². The van der Waals surface area contributed by atoms with E-state index in [1.165, 1.54) is 12.8 Å². The standard InChI is InChI=1S/C20H26N4O/c1-15-4-2-5-18(23-15)14-24-10-11-25-20-16(7-8-19(20)24)12-22-17-6-3-9-21-13-17/h2-6,9,13,16,19-20,22H,7-8,10-12,14H2,1H3/t16-,19+,20-/m1/s1. The first kappa shape index (κ1) is 16.5. The minimum atomic E-state index is 0.322. The Kier molecular flexibility index (Phi) is 4.95. The Morgan fingerprint density at radius 2 is 2.20 bits per heavy atom. The van der Waals surface area contributed by atoms with E-state index in [1.54, 1.807) is 6.20 Å². The lowest BCUT2D eigenvalue weighted by atomic mass is 10.0. The van der Waals surface area contributed by atoms with Crippen LogP contribution in [0.4, 0.5) is 5.69 Å². The monoisotopic (exact) mass is 338 g/mol. The summed E-state index contributed by atoms with van der Waals surface area (Å²) in [6.45, 7) is 5.75. The van der Waals surface area contributed by atoms with Crippen LogP contribution in [0.3, 0.4) is 0 Å². The molecule has 1 aliphatic carbocycles. The van der Waals surface area contributed by atoms with Crippen LogP contribution in [0.1, 0.15) is 24.2 Å². The molecule has 0 amide bonds. The molecule has 0 spiro atoms. The number of ether oxygens (including phenoxy) is 1. The Morgan fingerprint density at radius 3 is 3.04 bits per heavy atom. The van der Waals surface area contributed by atoms with E-state index in [2.05, 4.69) is 51.4 Å². The van der Waals surface area contributed by atoms with Crippen LogP contribution in [0.5, 0.6) is 0 Å². The average Bonchev–Trinajstić information content (AvgIpc) is 3.05. The number of hydrogen-bond donors (Lipinski definition) is 1. The maximum atomic E-state index is 6.18. The van der Waals surface area contributed by atoms with Crippen molar-refractivity contribution in [1.29, 1.82) is 0 Å². The molecule has 5 heteroatoms. The van der Waals surface area contributed by atoms with Crippen LogP contribution in [-0.2, 0) is 11.3 Å². The predicted molar refractivity (Wildman–Crippen MR) is 98.4 cm³/mol. The molecule has 25 heavy (non-hydrogen) atoms. The van der Waals surface area contributed by atoms with Crippen molar-refractivity contribution in [2.45, 2.75) is 38.5 Å². The van der Waals surface area contributed by atoms with Crippen LogP contribution in [0.2, 0.25) is 0 Å². The number of aryl methyl sites for hydroxylation is 1. The summed E-state index contributed by atoms with van der Waals surface area (Å²) in [4.78, 5) is 11.4. The molecular formula is C20H26N4O. The highest BCUT2D eigenvalue weighted by Gasteiger charge is 2.42. The van der Waals surface area contributed by atoms with Gasteiger partial charge in [-0.05, 0) is 44.0 Å². The molecule has 132 valence electrons. The first-order valence-corrected chi connectivity index (χ1v) is 9.22. The quantitative estimate of drug-likeness (QED) is 0.908. The van der Waals surface area contributed by atoms with Crippen molar-refractivity contribution in [3.8, 4) is 0 Å². The van der Waals surface area contributed by atoms with E-state index in [4.69, 9.17) is 4.74 Å². The van der Waals surface area contributed by atoms with Crippen molar-refractivity contribution in [1.82, 2.24) is 14.9 Å².